The minimum Gasteiger partial charge on any atom is -0.495 e. The van der Waals surface area contributed by atoms with Crippen molar-refractivity contribution in [1.82, 2.24) is 5.32 Å². The van der Waals surface area contributed by atoms with E-state index in [0.29, 0.717) is 44.7 Å². The Morgan fingerprint density at radius 3 is 2.64 bits per heavy atom. The Morgan fingerprint density at radius 2 is 1.98 bits per heavy atom. The highest BCUT2D eigenvalue weighted by atomic mass is 127. The molecule has 2 amide bonds. The molecule has 3 aromatic rings. The summed E-state index contributed by atoms with van der Waals surface area (Å²) in [6.07, 6.45) is 0.546. The number of nitrogens with one attached hydrogen (secondary N) is 3. The fraction of sp³-hybridized carbons (Fsp3) is 0.344. The maximum absolute atomic E-state index is 16.3. The van der Waals surface area contributed by atoms with Crippen LogP contribution in [0.5, 0.6) is 5.75 Å². The molecule has 3 aromatic carbocycles. The van der Waals surface area contributed by atoms with E-state index in [1.54, 1.807) is 36.4 Å². The predicted molar refractivity (Wildman–Crippen MR) is 172 cm³/mol. The summed E-state index contributed by atoms with van der Waals surface area (Å²) in [5.41, 5.74) is 1.44. The van der Waals surface area contributed by atoms with Gasteiger partial charge in [0.05, 0.1) is 30.5 Å². The molecule has 0 saturated carbocycles. The molecular weight excluding hydrogens is 714 g/mol. The number of benzene rings is 3. The lowest BCUT2D eigenvalue weighted by Gasteiger charge is -2.37. The summed E-state index contributed by atoms with van der Waals surface area (Å²) in [5, 5.41) is 18.8. The molecule has 2 heterocycles. The maximum Gasteiger partial charge on any atom is 0.242 e. The van der Waals surface area contributed by atoms with Gasteiger partial charge in [0.1, 0.15) is 17.0 Å². The molecule has 5 rings (SSSR count). The molecule has 0 radical (unpaired) electrons. The second-order valence-corrected chi connectivity index (χ2v) is 13.6. The highest BCUT2D eigenvalue weighted by Crippen LogP contribution is 2.57. The number of fused-ring (bicyclic) bond motifs is 2. The van der Waals surface area contributed by atoms with Gasteiger partial charge in [-0.3, -0.25) is 9.59 Å². The third-order valence-electron chi connectivity index (χ3n) is 8.08. The summed E-state index contributed by atoms with van der Waals surface area (Å²) in [6, 6.07) is 16.1. The molecule has 0 unspecified atom stereocenters. The summed E-state index contributed by atoms with van der Waals surface area (Å²) in [4.78, 5) is 28.6. The Kier molecular flexibility index (Phi) is 8.40. The second-order valence-electron chi connectivity index (χ2n) is 11.9. The van der Waals surface area contributed by atoms with Gasteiger partial charge in [-0.05, 0) is 52.8 Å². The normalized spacial score (nSPS) is 22.9. The minimum absolute atomic E-state index is 0.224. The zero-order valence-electron chi connectivity index (χ0n) is 23.6. The number of halogens is 3. The van der Waals surface area contributed by atoms with Crippen molar-refractivity contribution in [3.8, 4) is 11.8 Å². The molecule has 10 heteroatoms. The Hall–Kier alpha value is -3.01. The SMILES string of the molecule is COc1cc(C#N)ccc1NC(=O)[C@@H]1N[C@@H](CC(C)(C)C)[C@@]2(C(=O)Nc3cc(Br)ccc32)[C@H]1c1cccc(CI)c1F. The van der Waals surface area contributed by atoms with E-state index in [2.05, 4.69) is 81.3 Å². The van der Waals surface area contributed by atoms with Gasteiger partial charge in [0, 0.05) is 32.6 Å². The van der Waals surface area contributed by atoms with Gasteiger partial charge >= 0.3 is 0 Å². The largest absolute Gasteiger partial charge is 0.495 e. The Labute approximate surface area is 266 Å². The third-order valence-corrected chi connectivity index (χ3v) is 9.40. The van der Waals surface area contributed by atoms with E-state index in [0.717, 1.165) is 10.0 Å². The van der Waals surface area contributed by atoms with Gasteiger partial charge in [-0.1, -0.05) is 83.6 Å². The maximum atomic E-state index is 16.3. The van der Waals surface area contributed by atoms with Crippen molar-refractivity contribution in [1.29, 1.82) is 5.26 Å². The van der Waals surface area contributed by atoms with Crippen molar-refractivity contribution in [2.75, 3.05) is 17.7 Å². The number of anilines is 2. The minimum atomic E-state index is -1.27. The van der Waals surface area contributed by atoms with Crippen molar-refractivity contribution in [3.63, 3.8) is 0 Å². The first-order valence-corrected chi connectivity index (χ1v) is 15.9. The number of carbonyl (C=O) groups excluding carboxylic acids is 2. The molecule has 1 saturated heterocycles. The Balaban J connectivity index is 1.73. The first-order chi connectivity index (χ1) is 19.9. The van der Waals surface area contributed by atoms with E-state index in [1.807, 2.05) is 18.2 Å². The van der Waals surface area contributed by atoms with Crippen molar-refractivity contribution in [2.45, 2.75) is 55.0 Å². The van der Waals surface area contributed by atoms with Crippen LogP contribution in [0.1, 0.15) is 55.4 Å². The molecule has 0 aromatic heterocycles. The molecule has 3 N–H and O–H groups in total. The lowest BCUT2D eigenvalue weighted by molar-refractivity contribution is -0.122. The lowest BCUT2D eigenvalue weighted by atomic mass is 9.62. The van der Waals surface area contributed by atoms with Crippen LogP contribution in [0.4, 0.5) is 15.8 Å². The molecule has 42 heavy (non-hydrogen) atoms. The van der Waals surface area contributed by atoms with E-state index in [4.69, 9.17) is 4.74 Å². The van der Waals surface area contributed by atoms with Gasteiger partial charge in [0.15, 0.2) is 0 Å². The summed E-state index contributed by atoms with van der Waals surface area (Å²) in [5.74, 6) is -1.67. The number of nitriles is 1. The van der Waals surface area contributed by atoms with E-state index < -0.39 is 35.1 Å². The van der Waals surface area contributed by atoms with Crippen LogP contribution in [-0.4, -0.2) is 31.0 Å². The average molecular weight is 745 g/mol. The van der Waals surface area contributed by atoms with Gasteiger partial charge < -0.3 is 20.7 Å². The lowest BCUT2D eigenvalue weighted by Crippen LogP contribution is -2.49. The molecule has 218 valence electrons. The molecule has 0 aliphatic carbocycles. The zero-order chi connectivity index (χ0) is 30.4. The van der Waals surface area contributed by atoms with Crippen LogP contribution in [0.3, 0.4) is 0 Å². The second kappa shape index (κ2) is 11.6. The van der Waals surface area contributed by atoms with Crippen LogP contribution >= 0.6 is 38.5 Å². The number of alkyl halides is 1. The van der Waals surface area contributed by atoms with Crippen LogP contribution in [0.2, 0.25) is 0 Å². The van der Waals surface area contributed by atoms with Gasteiger partial charge in [-0.25, -0.2) is 4.39 Å². The number of amides is 2. The highest BCUT2D eigenvalue weighted by molar-refractivity contribution is 14.1. The van der Waals surface area contributed by atoms with Gasteiger partial charge in [0.2, 0.25) is 11.8 Å². The van der Waals surface area contributed by atoms with Crippen LogP contribution in [-0.2, 0) is 19.4 Å². The van der Waals surface area contributed by atoms with Crippen molar-refractivity contribution >= 4 is 61.7 Å². The highest BCUT2D eigenvalue weighted by Gasteiger charge is 2.66. The number of carbonyl (C=O) groups is 2. The number of hydrogen-bond donors (Lipinski definition) is 3. The molecule has 1 spiro atoms. The fourth-order valence-electron chi connectivity index (χ4n) is 6.41. The quantitative estimate of drug-likeness (QED) is 0.191. The van der Waals surface area contributed by atoms with E-state index in [-0.39, 0.29) is 11.3 Å². The van der Waals surface area contributed by atoms with Gasteiger partial charge in [-0.15, -0.1) is 0 Å². The van der Waals surface area contributed by atoms with Crippen molar-refractivity contribution in [3.05, 3.63) is 87.1 Å². The number of nitrogens with zero attached hydrogens (tertiary/aromatic N) is 1. The van der Waals surface area contributed by atoms with Crippen LogP contribution < -0.4 is 20.7 Å². The third kappa shape index (κ3) is 5.20. The number of hydrogen-bond acceptors (Lipinski definition) is 5. The Bertz CT molecular complexity index is 1620. The molecule has 1 fully saturated rings. The standard InChI is InChI=1S/C32H31BrFIN4O3/c1-31(2,3)14-25-32(21-10-9-19(33)13-23(21)38-30(32)41)26(20-7-5-6-18(15-35)27(20)34)28(39-25)29(40)37-22-11-8-17(16-36)12-24(22)42-4/h5-13,25-26,28,39H,14-15H2,1-4H3,(H,37,40)(H,38,41)/t25-,26-,28+,32+/m0/s1. The predicted octanol–water partition coefficient (Wildman–Crippen LogP) is 6.79. The average Bonchev–Trinajstić information content (AvgIpc) is 3.42. The Morgan fingerprint density at radius 1 is 1.21 bits per heavy atom. The molecule has 2 aliphatic rings. The smallest absolute Gasteiger partial charge is 0.242 e. The van der Waals surface area contributed by atoms with Gasteiger partial charge in [0.25, 0.3) is 0 Å². The molecule has 0 bridgehead atoms. The summed E-state index contributed by atoms with van der Waals surface area (Å²) in [7, 11) is 1.46. The number of ether oxygens (including phenoxy) is 1. The summed E-state index contributed by atoms with van der Waals surface area (Å²) in [6.45, 7) is 6.25. The summed E-state index contributed by atoms with van der Waals surface area (Å²) >= 11 is 5.63. The van der Waals surface area contributed by atoms with Crippen LogP contribution in [0.15, 0.2) is 59.1 Å². The first-order valence-electron chi connectivity index (χ1n) is 13.5. The van der Waals surface area contributed by atoms with Crippen LogP contribution in [0, 0.1) is 22.6 Å². The molecular formula is C32H31BrFIN4O3. The molecule has 2 aliphatic heterocycles. The van der Waals surface area contributed by atoms with Crippen molar-refractivity contribution in [2.24, 2.45) is 5.41 Å². The number of methoxy groups -OCH3 is 1. The fourth-order valence-corrected chi connectivity index (χ4v) is 7.36. The first kappa shape index (κ1) is 30.4. The number of rotatable bonds is 6. The topological polar surface area (TPSA) is 103 Å². The molecule has 7 nitrogen and oxygen atoms in total. The van der Waals surface area contributed by atoms with E-state index >= 15 is 4.39 Å². The zero-order valence-corrected chi connectivity index (χ0v) is 27.4. The monoisotopic (exact) mass is 744 g/mol. The van der Waals surface area contributed by atoms with Crippen molar-refractivity contribution < 1.29 is 18.7 Å². The van der Waals surface area contributed by atoms with E-state index in [9.17, 15) is 14.9 Å². The van der Waals surface area contributed by atoms with E-state index in [1.165, 1.54) is 7.11 Å². The van der Waals surface area contributed by atoms with Gasteiger partial charge in [-0.2, -0.15) is 5.26 Å². The summed E-state index contributed by atoms with van der Waals surface area (Å²) < 4.78 is 23.0. The van der Waals surface area contributed by atoms with Crippen LogP contribution in [0.25, 0.3) is 0 Å². The molecule has 4 atom stereocenters.